The van der Waals surface area contributed by atoms with E-state index in [1.165, 1.54) is 14.2 Å². The lowest BCUT2D eigenvalue weighted by Crippen LogP contribution is -2.13. The zero-order valence-corrected chi connectivity index (χ0v) is 15.2. The van der Waals surface area contributed by atoms with Gasteiger partial charge in [-0.2, -0.15) is 5.26 Å². The van der Waals surface area contributed by atoms with E-state index in [0.717, 1.165) is 11.3 Å². The van der Waals surface area contributed by atoms with Gasteiger partial charge in [-0.05, 0) is 35.9 Å². The quantitative estimate of drug-likeness (QED) is 0.638. The van der Waals surface area contributed by atoms with Crippen LogP contribution in [0.1, 0.15) is 5.56 Å². The van der Waals surface area contributed by atoms with Gasteiger partial charge in [-0.15, -0.1) is 0 Å². The molecule has 2 rings (SSSR count). The van der Waals surface area contributed by atoms with Gasteiger partial charge in [0.1, 0.15) is 11.6 Å². The topological polar surface area (TPSA) is 74.6 Å². The van der Waals surface area contributed by atoms with Crippen LogP contribution in [0.3, 0.4) is 0 Å². The number of hydrogen-bond acceptors (Lipinski definition) is 5. The summed E-state index contributed by atoms with van der Waals surface area (Å²) in [5.41, 5.74) is 2.33. The number of rotatable bonds is 6. The summed E-state index contributed by atoms with van der Waals surface area (Å²) < 4.78 is 10.4. The summed E-state index contributed by atoms with van der Waals surface area (Å²) in [4.78, 5) is 14.4. The van der Waals surface area contributed by atoms with Crippen LogP contribution >= 0.6 is 0 Å². The van der Waals surface area contributed by atoms with Gasteiger partial charge in [0, 0.05) is 31.5 Å². The number of ether oxygens (including phenoxy) is 2. The predicted molar refractivity (Wildman–Crippen MR) is 103 cm³/mol. The number of benzene rings is 2. The molecule has 0 saturated carbocycles. The van der Waals surface area contributed by atoms with Gasteiger partial charge in [-0.25, -0.2) is 0 Å². The minimum atomic E-state index is -0.489. The Labute approximate surface area is 153 Å². The van der Waals surface area contributed by atoms with Gasteiger partial charge in [-0.3, -0.25) is 4.79 Å². The molecular formula is C20H21N3O3. The van der Waals surface area contributed by atoms with E-state index in [4.69, 9.17) is 9.47 Å². The van der Waals surface area contributed by atoms with Crippen molar-refractivity contribution >= 4 is 23.4 Å². The van der Waals surface area contributed by atoms with Gasteiger partial charge in [-0.1, -0.05) is 12.1 Å². The van der Waals surface area contributed by atoms with E-state index < -0.39 is 5.91 Å². The molecule has 0 unspecified atom stereocenters. The molecule has 0 heterocycles. The molecule has 0 aromatic heterocycles. The highest BCUT2D eigenvalue weighted by Crippen LogP contribution is 2.29. The second-order valence-electron chi connectivity index (χ2n) is 5.68. The zero-order chi connectivity index (χ0) is 19.1. The highest BCUT2D eigenvalue weighted by atomic mass is 16.5. The molecule has 0 bridgehead atoms. The second-order valence-corrected chi connectivity index (χ2v) is 5.68. The number of anilines is 2. The van der Waals surface area contributed by atoms with Crippen LogP contribution in [0.25, 0.3) is 6.08 Å². The van der Waals surface area contributed by atoms with Crippen LogP contribution in [0, 0.1) is 11.3 Å². The number of methoxy groups -OCH3 is 2. The molecule has 1 N–H and O–H groups in total. The number of carbonyl (C=O) groups is 1. The van der Waals surface area contributed by atoms with Crippen LogP contribution in [0.2, 0.25) is 0 Å². The number of nitrogens with one attached hydrogen (secondary N) is 1. The second kappa shape index (κ2) is 8.58. The molecule has 0 radical (unpaired) electrons. The molecule has 134 valence electrons. The standard InChI is InChI=1S/C20H21N3O3/c1-23(2)17-8-5-14(6-9-17)11-15(13-21)20(24)22-16-7-10-18(25-3)19(12-16)26-4/h5-12H,1-4H3,(H,22,24)/b15-11+. The monoisotopic (exact) mass is 351 g/mol. The number of carbonyl (C=O) groups excluding carboxylic acids is 1. The average molecular weight is 351 g/mol. The van der Waals surface area contributed by atoms with Gasteiger partial charge in [0.2, 0.25) is 0 Å². The summed E-state index contributed by atoms with van der Waals surface area (Å²) in [7, 11) is 6.94. The molecule has 0 atom stereocenters. The fourth-order valence-corrected chi connectivity index (χ4v) is 2.30. The van der Waals surface area contributed by atoms with E-state index in [0.29, 0.717) is 17.2 Å². The van der Waals surface area contributed by atoms with E-state index in [-0.39, 0.29) is 5.57 Å². The largest absolute Gasteiger partial charge is 0.493 e. The van der Waals surface area contributed by atoms with Crippen molar-refractivity contribution < 1.29 is 14.3 Å². The smallest absolute Gasteiger partial charge is 0.266 e. The van der Waals surface area contributed by atoms with Gasteiger partial charge in [0.05, 0.1) is 14.2 Å². The highest BCUT2D eigenvalue weighted by Gasteiger charge is 2.12. The fraction of sp³-hybridized carbons (Fsp3) is 0.200. The van der Waals surface area contributed by atoms with E-state index in [1.807, 2.05) is 49.3 Å². The van der Waals surface area contributed by atoms with Gasteiger partial charge in [0.15, 0.2) is 11.5 Å². The predicted octanol–water partition coefficient (Wildman–Crippen LogP) is 3.32. The van der Waals surface area contributed by atoms with Crippen molar-refractivity contribution in [3.63, 3.8) is 0 Å². The first-order valence-corrected chi connectivity index (χ1v) is 7.91. The lowest BCUT2D eigenvalue weighted by molar-refractivity contribution is -0.112. The first-order chi connectivity index (χ1) is 12.5. The molecule has 2 aromatic rings. The van der Waals surface area contributed by atoms with Crippen LogP contribution in [-0.2, 0) is 4.79 Å². The maximum absolute atomic E-state index is 12.4. The molecule has 0 spiro atoms. The highest BCUT2D eigenvalue weighted by molar-refractivity contribution is 6.09. The molecule has 26 heavy (non-hydrogen) atoms. The summed E-state index contributed by atoms with van der Waals surface area (Å²) >= 11 is 0. The first-order valence-electron chi connectivity index (χ1n) is 7.91. The van der Waals surface area contributed by atoms with E-state index in [9.17, 15) is 10.1 Å². The molecule has 2 aromatic carbocycles. The van der Waals surface area contributed by atoms with E-state index in [1.54, 1.807) is 24.3 Å². The van der Waals surface area contributed by atoms with Crippen molar-refractivity contribution in [2.75, 3.05) is 38.5 Å². The fourth-order valence-electron chi connectivity index (χ4n) is 2.30. The van der Waals surface area contributed by atoms with Crippen molar-refractivity contribution in [1.82, 2.24) is 0 Å². The molecule has 0 saturated heterocycles. The van der Waals surface area contributed by atoms with Gasteiger partial charge in [0.25, 0.3) is 5.91 Å². The summed E-state index contributed by atoms with van der Waals surface area (Å²) in [6.07, 6.45) is 1.55. The first kappa shape index (κ1) is 18.9. The molecule has 6 heteroatoms. The maximum atomic E-state index is 12.4. The Hall–Kier alpha value is -3.46. The zero-order valence-electron chi connectivity index (χ0n) is 15.2. The third-order valence-corrected chi connectivity index (χ3v) is 3.73. The normalized spacial score (nSPS) is 10.7. The molecule has 6 nitrogen and oxygen atoms in total. The van der Waals surface area contributed by atoms with E-state index in [2.05, 4.69) is 5.32 Å². The Morgan fingerprint density at radius 2 is 1.73 bits per heavy atom. The lowest BCUT2D eigenvalue weighted by atomic mass is 10.1. The van der Waals surface area contributed by atoms with Crippen molar-refractivity contribution in [1.29, 1.82) is 5.26 Å². The average Bonchev–Trinajstić information content (AvgIpc) is 2.66. The molecule has 0 aliphatic heterocycles. The number of hydrogen-bond donors (Lipinski definition) is 1. The number of nitriles is 1. The number of amides is 1. The summed E-state index contributed by atoms with van der Waals surface area (Å²) in [6.45, 7) is 0. The molecule has 0 aliphatic carbocycles. The Morgan fingerprint density at radius 1 is 1.08 bits per heavy atom. The van der Waals surface area contributed by atoms with Crippen LogP contribution in [0.5, 0.6) is 11.5 Å². The molecular weight excluding hydrogens is 330 g/mol. The van der Waals surface area contributed by atoms with Crippen molar-refractivity contribution in [2.45, 2.75) is 0 Å². The van der Waals surface area contributed by atoms with Crippen LogP contribution in [-0.4, -0.2) is 34.2 Å². The SMILES string of the molecule is COc1ccc(NC(=O)/C(C#N)=C/c2ccc(N(C)C)cc2)cc1OC. The van der Waals surface area contributed by atoms with Gasteiger partial charge < -0.3 is 19.7 Å². The van der Waals surface area contributed by atoms with E-state index >= 15 is 0 Å². The maximum Gasteiger partial charge on any atom is 0.266 e. The van der Waals surface area contributed by atoms with Crippen molar-refractivity contribution in [3.05, 3.63) is 53.6 Å². The Bertz CT molecular complexity index is 850. The lowest BCUT2D eigenvalue weighted by Gasteiger charge is -2.12. The minimum absolute atomic E-state index is 0.0115. The molecule has 0 aliphatic rings. The Kier molecular flexibility index (Phi) is 6.23. The third-order valence-electron chi connectivity index (χ3n) is 3.73. The number of nitrogens with zero attached hydrogens (tertiary/aromatic N) is 2. The summed E-state index contributed by atoms with van der Waals surface area (Å²) in [5.74, 6) is 0.561. The summed E-state index contributed by atoms with van der Waals surface area (Å²) in [6, 6.07) is 14.5. The van der Waals surface area contributed by atoms with Crippen molar-refractivity contribution in [2.24, 2.45) is 0 Å². The van der Waals surface area contributed by atoms with Crippen LogP contribution in [0.4, 0.5) is 11.4 Å². The third kappa shape index (κ3) is 4.54. The van der Waals surface area contributed by atoms with Crippen molar-refractivity contribution in [3.8, 4) is 17.6 Å². The van der Waals surface area contributed by atoms with Gasteiger partial charge >= 0.3 is 0 Å². The molecule has 0 fully saturated rings. The van der Waals surface area contributed by atoms with Crippen LogP contribution < -0.4 is 19.7 Å². The summed E-state index contributed by atoms with van der Waals surface area (Å²) in [5, 5.41) is 12.0. The van der Waals surface area contributed by atoms with Crippen LogP contribution in [0.15, 0.2) is 48.0 Å². The molecule has 1 amide bonds. The minimum Gasteiger partial charge on any atom is -0.493 e. The Balaban J connectivity index is 2.19. The Morgan fingerprint density at radius 3 is 2.27 bits per heavy atom.